The minimum Gasteiger partial charge on any atom is -0.463 e. The van der Waals surface area contributed by atoms with Gasteiger partial charge in [-0.25, -0.2) is 0 Å². The van der Waals surface area contributed by atoms with Gasteiger partial charge in [-0.15, -0.1) is 0 Å². The summed E-state index contributed by atoms with van der Waals surface area (Å²) in [6.07, 6.45) is 12.5. The fraction of sp³-hybridized carbons (Fsp3) is 0.862. The van der Waals surface area contributed by atoms with E-state index in [1.165, 1.54) is 44.6 Å². The first-order valence-electron chi connectivity index (χ1n) is 13.5. The smallest absolute Gasteiger partial charge is 0.302 e. The van der Waals surface area contributed by atoms with Gasteiger partial charge >= 0.3 is 5.97 Å². The number of Topliss-reactive ketones (excluding diaryl/α,β-unsaturated/α-hetero) is 1. The van der Waals surface area contributed by atoms with Gasteiger partial charge in [0.05, 0.1) is 0 Å². The highest BCUT2D eigenvalue weighted by Crippen LogP contribution is 2.65. The summed E-state index contributed by atoms with van der Waals surface area (Å²) in [5.41, 5.74) is 3.18. The molecule has 0 N–H and O–H groups in total. The second kappa shape index (κ2) is 8.91. The third kappa shape index (κ3) is 4.11. The van der Waals surface area contributed by atoms with Gasteiger partial charge in [-0.05, 0) is 85.4 Å². The topological polar surface area (TPSA) is 43.4 Å². The first-order valence-corrected chi connectivity index (χ1v) is 13.5. The molecule has 4 aliphatic rings. The molecule has 0 spiro atoms. The minimum absolute atomic E-state index is 0.0952. The highest BCUT2D eigenvalue weighted by molar-refractivity contribution is 6.00. The lowest BCUT2D eigenvalue weighted by atomic mass is 9.48. The number of carbonyl (C=O) groups excluding carboxylic acids is 2. The van der Waals surface area contributed by atoms with Crippen LogP contribution in [0.3, 0.4) is 0 Å². The van der Waals surface area contributed by atoms with Gasteiger partial charge in [-0.1, -0.05) is 59.5 Å². The van der Waals surface area contributed by atoms with Crippen molar-refractivity contribution >= 4 is 11.8 Å². The first-order chi connectivity index (χ1) is 15.1. The monoisotopic (exact) mass is 442 g/mol. The summed E-state index contributed by atoms with van der Waals surface area (Å²) in [5.74, 6) is 3.42. The highest BCUT2D eigenvalue weighted by atomic mass is 16.5. The van der Waals surface area contributed by atoms with Crippen LogP contribution in [-0.2, 0) is 14.3 Å². The third-order valence-corrected chi connectivity index (χ3v) is 10.3. The van der Waals surface area contributed by atoms with Crippen LogP contribution in [0.2, 0.25) is 0 Å². The van der Waals surface area contributed by atoms with Crippen LogP contribution < -0.4 is 0 Å². The minimum atomic E-state index is -0.143. The van der Waals surface area contributed by atoms with Crippen molar-refractivity contribution in [2.75, 3.05) is 0 Å². The zero-order chi connectivity index (χ0) is 23.3. The Morgan fingerprint density at radius 2 is 1.84 bits per heavy atom. The van der Waals surface area contributed by atoms with E-state index in [9.17, 15) is 9.59 Å². The molecule has 0 amide bonds. The normalized spacial score (nSPS) is 40.0. The Labute approximate surface area is 196 Å². The van der Waals surface area contributed by atoms with Crippen LogP contribution in [0.5, 0.6) is 0 Å². The first kappa shape index (κ1) is 24.0. The number of hydrogen-bond donors (Lipinski definition) is 0. The number of rotatable bonds is 6. The van der Waals surface area contributed by atoms with Crippen LogP contribution in [-0.4, -0.2) is 17.9 Å². The van der Waals surface area contributed by atoms with Crippen molar-refractivity contribution in [1.82, 2.24) is 0 Å². The van der Waals surface area contributed by atoms with Crippen LogP contribution in [0.1, 0.15) is 112 Å². The maximum absolute atomic E-state index is 13.5. The van der Waals surface area contributed by atoms with Crippen LogP contribution >= 0.6 is 0 Å². The van der Waals surface area contributed by atoms with Crippen molar-refractivity contribution in [2.45, 2.75) is 118 Å². The molecule has 0 bridgehead atoms. The summed E-state index contributed by atoms with van der Waals surface area (Å²) in [7, 11) is 0. The van der Waals surface area contributed by atoms with Gasteiger partial charge in [0.1, 0.15) is 6.10 Å². The summed E-state index contributed by atoms with van der Waals surface area (Å²) in [5, 5.41) is 0. The molecule has 3 saturated carbocycles. The van der Waals surface area contributed by atoms with Gasteiger partial charge in [-0.3, -0.25) is 9.59 Å². The Balaban J connectivity index is 1.55. The molecule has 0 heterocycles. The fourth-order valence-corrected chi connectivity index (χ4v) is 8.54. The van der Waals surface area contributed by atoms with Gasteiger partial charge in [-0.2, -0.15) is 0 Å². The van der Waals surface area contributed by atoms with E-state index in [1.54, 1.807) is 5.57 Å². The SMILES string of the molecule is CC(=O)OC1CC[C@@]2(C)[C@@H](CCC3=C4C(=O)C[C@H]([C@H](C)CCCC(C)C)[C@@]4(C)CC[C@@H]32)C1. The Morgan fingerprint density at radius 1 is 1.09 bits per heavy atom. The summed E-state index contributed by atoms with van der Waals surface area (Å²) < 4.78 is 5.61. The fourth-order valence-electron chi connectivity index (χ4n) is 8.54. The zero-order valence-corrected chi connectivity index (χ0v) is 21.5. The molecule has 3 nitrogen and oxygen atoms in total. The number of ether oxygens (including phenoxy) is 1. The maximum atomic E-state index is 13.5. The quantitative estimate of drug-likeness (QED) is 0.406. The van der Waals surface area contributed by atoms with Crippen molar-refractivity contribution in [2.24, 2.45) is 40.4 Å². The van der Waals surface area contributed by atoms with Crippen molar-refractivity contribution < 1.29 is 14.3 Å². The molecule has 0 saturated heterocycles. The predicted octanol–water partition coefficient (Wildman–Crippen LogP) is 7.28. The molecule has 0 aromatic heterocycles. The van der Waals surface area contributed by atoms with Gasteiger partial charge < -0.3 is 4.74 Å². The Bertz CT molecular complexity index is 779. The molecule has 4 rings (SSSR count). The van der Waals surface area contributed by atoms with E-state index in [0.29, 0.717) is 29.5 Å². The lowest BCUT2D eigenvalue weighted by Gasteiger charge is -2.56. The standard InChI is InChI=1S/C29H46O3/c1-18(2)8-7-9-19(3)25-17-26(31)27-23-11-10-21-16-22(32-20(4)30)12-14-28(21,5)24(23)13-15-29(25,27)6/h18-19,21-22,24-25H,7-17H2,1-6H3/t19-,21+,22?,24+,25-,28+,29-/m1/s1. The molecule has 32 heavy (non-hydrogen) atoms. The molecular weight excluding hydrogens is 396 g/mol. The summed E-state index contributed by atoms with van der Waals surface area (Å²) in [6, 6.07) is 0. The molecule has 3 heteroatoms. The van der Waals surface area contributed by atoms with E-state index >= 15 is 0 Å². The number of hydrogen-bond acceptors (Lipinski definition) is 3. The van der Waals surface area contributed by atoms with Crippen LogP contribution in [0, 0.1) is 40.4 Å². The number of carbonyl (C=O) groups is 2. The molecule has 3 fully saturated rings. The Morgan fingerprint density at radius 3 is 2.53 bits per heavy atom. The summed E-state index contributed by atoms with van der Waals surface area (Å²) >= 11 is 0. The number of allylic oxidation sites excluding steroid dienone is 2. The van der Waals surface area contributed by atoms with E-state index in [2.05, 4.69) is 34.6 Å². The highest BCUT2D eigenvalue weighted by Gasteiger charge is 2.58. The Kier molecular flexibility index (Phi) is 6.69. The summed E-state index contributed by atoms with van der Waals surface area (Å²) in [4.78, 5) is 25.0. The largest absolute Gasteiger partial charge is 0.463 e. The summed E-state index contributed by atoms with van der Waals surface area (Å²) in [6.45, 7) is 13.5. The molecule has 180 valence electrons. The van der Waals surface area contributed by atoms with E-state index < -0.39 is 0 Å². The van der Waals surface area contributed by atoms with Crippen molar-refractivity contribution in [3.8, 4) is 0 Å². The van der Waals surface area contributed by atoms with Crippen molar-refractivity contribution in [3.05, 3.63) is 11.1 Å². The average Bonchev–Trinajstić information content (AvgIpc) is 2.98. The molecule has 4 aliphatic carbocycles. The van der Waals surface area contributed by atoms with E-state index in [1.807, 2.05) is 0 Å². The lowest BCUT2D eigenvalue weighted by molar-refractivity contribution is -0.152. The maximum Gasteiger partial charge on any atom is 0.302 e. The van der Waals surface area contributed by atoms with E-state index in [4.69, 9.17) is 4.74 Å². The van der Waals surface area contributed by atoms with Gasteiger partial charge in [0.15, 0.2) is 5.78 Å². The molecule has 0 aromatic carbocycles. The zero-order valence-electron chi connectivity index (χ0n) is 21.5. The molecule has 7 atom stereocenters. The van der Waals surface area contributed by atoms with Crippen LogP contribution in [0.4, 0.5) is 0 Å². The predicted molar refractivity (Wildman–Crippen MR) is 129 cm³/mol. The molecule has 0 aromatic rings. The molecule has 0 radical (unpaired) electrons. The molecular formula is C29H46O3. The average molecular weight is 443 g/mol. The second-order valence-corrected chi connectivity index (χ2v) is 12.7. The second-order valence-electron chi connectivity index (χ2n) is 12.7. The van der Waals surface area contributed by atoms with Gasteiger partial charge in [0.25, 0.3) is 0 Å². The van der Waals surface area contributed by atoms with Crippen molar-refractivity contribution in [3.63, 3.8) is 0 Å². The van der Waals surface area contributed by atoms with Gasteiger partial charge in [0, 0.05) is 18.9 Å². The van der Waals surface area contributed by atoms with E-state index in [-0.39, 0.29) is 22.9 Å². The Hall–Kier alpha value is -1.12. The van der Waals surface area contributed by atoms with Gasteiger partial charge in [0.2, 0.25) is 0 Å². The number of ketones is 1. The molecule has 1 unspecified atom stereocenters. The van der Waals surface area contributed by atoms with Crippen molar-refractivity contribution in [1.29, 1.82) is 0 Å². The lowest BCUT2D eigenvalue weighted by Crippen LogP contribution is -2.49. The number of esters is 1. The van der Waals surface area contributed by atoms with Crippen LogP contribution in [0.15, 0.2) is 11.1 Å². The number of fused-ring (bicyclic) bond motifs is 4. The van der Waals surface area contributed by atoms with E-state index in [0.717, 1.165) is 44.4 Å². The third-order valence-electron chi connectivity index (χ3n) is 10.3. The molecule has 0 aliphatic heterocycles. The van der Waals surface area contributed by atoms with Crippen LogP contribution in [0.25, 0.3) is 0 Å².